The first kappa shape index (κ1) is 18.7. The summed E-state index contributed by atoms with van der Waals surface area (Å²) in [5, 5.41) is 0. The molecule has 2 saturated heterocycles. The molecule has 0 bridgehead atoms. The first-order chi connectivity index (χ1) is 15.3. The van der Waals surface area contributed by atoms with Crippen molar-refractivity contribution in [2.75, 3.05) is 49.2 Å². The van der Waals surface area contributed by atoms with Gasteiger partial charge in [0.2, 0.25) is 5.95 Å². The van der Waals surface area contributed by atoms with E-state index in [1.807, 2.05) is 30.9 Å². The third kappa shape index (κ3) is 3.17. The van der Waals surface area contributed by atoms with Crippen LogP contribution in [0.4, 0.5) is 16.2 Å². The largest absolute Gasteiger partial charge is 0.378 e. The van der Waals surface area contributed by atoms with E-state index in [1.54, 1.807) is 12.1 Å². The lowest BCUT2D eigenvalue weighted by Crippen LogP contribution is -2.39. The highest BCUT2D eigenvalue weighted by molar-refractivity contribution is 5.69. The van der Waals surface area contributed by atoms with E-state index >= 15 is 0 Å². The van der Waals surface area contributed by atoms with Crippen molar-refractivity contribution in [1.29, 1.82) is 0 Å². The summed E-state index contributed by atoms with van der Waals surface area (Å²) in [4.78, 5) is 18.2. The summed E-state index contributed by atoms with van der Waals surface area (Å²) in [6.45, 7) is 4.92. The van der Waals surface area contributed by atoms with Gasteiger partial charge in [-0.1, -0.05) is 12.1 Å². The van der Waals surface area contributed by atoms with Gasteiger partial charge in [0.25, 0.3) is 0 Å². The van der Waals surface area contributed by atoms with Crippen molar-refractivity contribution in [2.45, 2.75) is 18.9 Å². The Morgan fingerprint density at radius 1 is 1.00 bits per heavy atom. The van der Waals surface area contributed by atoms with Gasteiger partial charge in [-0.2, -0.15) is 4.98 Å². The van der Waals surface area contributed by atoms with Crippen LogP contribution in [0, 0.1) is 11.7 Å². The number of benzene rings is 1. The molecule has 3 aliphatic rings. The number of anilines is 2. The van der Waals surface area contributed by atoms with E-state index < -0.39 is 0 Å². The number of halogens is 1. The Hall–Kier alpha value is -3.00. The van der Waals surface area contributed by atoms with Gasteiger partial charge in [0, 0.05) is 43.5 Å². The molecule has 0 amide bonds. The maximum atomic E-state index is 14.8. The number of nitrogens with zero attached hydrogens (tertiary/aromatic N) is 6. The first-order valence-corrected chi connectivity index (χ1v) is 11.0. The monoisotopic (exact) mass is 420 g/mol. The molecule has 1 unspecified atom stereocenters. The average Bonchev–Trinajstić information content (AvgIpc) is 3.42. The molecule has 0 saturated carbocycles. The normalized spacial score (nSPS) is 21.3. The third-order valence-electron chi connectivity index (χ3n) is 6.82. The van der Waals surface area contributed by atoms with Crippen molar-refractivity contribution in [3.8, 4) is 11.3 Å². The number of ether oxygens (including phenoxy) is 1. The summed E-state index contributed by atoms with van der Waals surface area (Å²) in [6, 6.07) is 7.35. The molecule has 2 fully saturated rings. The van der Waals surface area contributed by atoms with Gasteiger partial charge < -0.3 is 19.1 Å². The molecular weight excluding hydrogens is 395 g/mol. The zero-order valence-corrected chi connectivity index (χ0v) is 17.3. The van der Waals surface area contributed by atoms with Gasteiger partial charge in [0.1, 0.15) is 11.6 Å². The van der Waals surface area contributed by atoms with Gasteiger partial charge in [0.15, 0.2) is 0 Å². The van der Waals surface area contributed by atoms with Crippen LogP contribution in [0.5, 0.6) is 0 Å². The van der Waals surface area contributed by atoms with Crippen molar-refractivity contribution in [1.82, 2.24) is 19.5 Å². The third-order valence-corrected chi connectivity index (χ3v) is 6.82. The molecule has 3 aromatic rings. The highest BCUT2D eigenvalue weighted by Gasteiger charge is 2.38. The number of fused-ring (bicyclic) bond motifs is 3. The van der Waals surface area contributed by atoms with Crippen molar-refractivity contribution in [3.05, 3.63) is 54.4 Å². The highest BCUT2D eigenvalue weighted by atomic mass is 19.1. The minimum absolute atomic E-state index is 0.0106. The van der Waals surface area contributed by atoms with Gasteiger partial charge in [-0.3, -0.25) is 0 Å². The summed E-state index contributed by atoms with van der Waals surface area (Å²) >= 11 is 0. The zero-order valence-electron chi connectivity index (χ0n) is 17.3. The van der Waals surface area contributed by atoms with Crippen molar-refractivity contribution in [2.24, 2.45) is 5.92 Å². The number of rotatable bonds is 3. The minimum Gasteiger partial charge on any atom is -0.378 e. The van der Waals surface area contributed by atoms with Gasteiger partial charge >= 0.3 is 0 Å². The lowest BCUT2D eigenvalue weighted by Gasteiger charge is -2.36. The Balaban J connectivity index is 1.21. The second-order valence-electron chi connectivity index (χ2n) is 8.47. The predicted octanol–water partition coefficient (Wildman–Crippen LogP) is 3.14. The molecule has 7 nitrogen and oxygen atoms in total. The summed E-state index contributed by atoms with van der Waals surface area (Å²) < 4.78 is 22.4. The minimum atomic E-state index is -0.116. The maximum absolute atomic E-state index is 14.8. The lowest BCUT2D eigenvalue weighted by atomic mass is 9.85. The van der Waals surface area contributed by atoms with E-state index in [9.17, 15) is 4.39 Å². The quantitative estimate of drug-likeness (QED) is 0.649. The van der Waals surface area contributed by atoms with Crippen LogP contribution in [0.15, 0.2) is 43.0 Å². The molecule has 1 atom stereocenters. The number of aromatic nitrogens is 4. The summed E-state index contributed by atoms with van der Waals surface area (Å²) in [5.41, 5.74) is 2.82. The van der Waals surface area contributed by atoms with E-state index in [0.717, 1.165) is 80.8 Å². The molecular formula is C23H25FN6O. The molecule has 8 heteroatoms. The molecule has 160 valence electrons. The summed E-state index contributed by atoms with van der Waals surface area (Å²) in [7, 11) is 0. The Morgan fingerprint density at radius 3 is 2.68 bits per heavy atom. The van der Waals surface area contributed by atoms with Crippen molar-refractivity contribution in [3.63, 3.8) is 0 Å². The van der Waals surface area contributed by atoms with Gasteiger partial charge in [-0.05, 0) is 30.9 Å². The van der Waals surface area contributed by atoms with Crippen LogP contribution in [-0.4, -0.2) is 58.9 Å². The number of hydrogen-bond acceptors (Lipinski definition) is 6. The Labute approximate surface area is 180 Å². The van der Waals surface area contributed by atoms with Crippen LogP contribution in [0.1, 0.15) is 24.4 Å². The Kier molecular flexibility index (Phi) is 4.60. The standard InChI is InChI=1S/C23H25FN6O/c24-18-3-1-2-17-19-14-25-15-30(19)22(21(17)18)16-5-8-29(9-6-16)23-26-7-4-20(27-23)28-10-12-31-13-11-28/h1-4,7,14-16,22H,5-6,8-13H2. The lowest BCUT2D eigenvalue weighted by molar-refractivity contribution is 0.122. The number of hydrogen-bond donors (Lipinski definition) is 0. The fraction of sp³-hybridized carbons (Fsp3) is 0.435. The molecule has 0 aliphatic carbocycles. The summed E-state index contributed by atoms with van der Waals surface area (Å²) in [6.07, 6.45) is 7.46. The van der Waals surface area contributed by atoms with Crippen LogP contribution in [-0.2, 0) is 4.74 Å². The van der Waals surface area contributed by atoms with Crippen LogP contribution >= 0.6 is 0 Å². The molecule has 0 N–H and O–H groups in total. The first-order valence-electron chi connectivity index (χ1n) is 11.0. The second kappa shape index (κ2) is 7.60. The van der Waals surface area contributed by atoms with E-state index in [2.05, 4.69) is 24.3 Å². The fourth-order valence-electron chi connectivity index (χ4n) is 5.27. The fourth-order valence-corrected chi connectivity index (χ4v) is 5.27. The van der Waals surface area contributed by atoms with Gasteiger partial charge in [-0.25, -0.2) is 14.4 Å². The van der Waals surface area contributed by atoms with Crippen molar-refractivity contribution < 1.29 is 9.13 Å². The SMILES string of the molecule is Fc1cccc2c1C(C1CCN(c3nccc(N4CCOCC4)n3)CC1)n1cncc1-2. The Morgan fingerprint density at radius 2 is 1.84 bits per heavy atom. The molecule has 31 heavy (non-hydrogen) atoms. The summed E-state index contributed by atoms with van der Waals surface area (Å²) in [5.74, 6) is 1.98. The van der Waals surface area contributed by atoms with E-state index in [4.69, 9.17) is 9.72 Å². The predicted molar refractivity (Wildman–Crippen MR) is 116 cm³/mol. The van der Waals surface area contributed by atoms with Crippen LogP contribution in [0.3, 0.4) is 0 Å². The van der Waals surface area contributed by atoms with Crippen molar-refractivity contribution >= 4 is 11.8 Å². The number of imidazole rings is 1. The van der Waals surface area contributed by atoms with Gasteiger partial charge in [0.05, 0.1) is 37.5 Å². The Bertz CT molecular complexity index is 1090. The number of piperidine rings is 1. The van der Waals surface area contributed by atoms with E-state index in [0.29, 0.717) is 5.92 Å². The molecule has 6 rings (SSSR count). The topological polar surface area (TPSA) is 59.3 Å². The number of morpholine rings is 1. The highest BCUT2D eigenvalue weighted by Crippen LogP contribution is 2.46. The molecule has 0 spiro atoms. The molecule has 1 aromatic carbocycles. The van der Waals surface area contributed by atoms with E-state index in [1.165, 1.54) is 0 Å². The van der Waals surface area contributed by atoms with Crippen LogP contribution in [0.2, 0.25) is 0 Å². The molecule has 0 radical (unpaired) electrons. The van der Waals surface area contributed by atoms with E-state index in [-0.39, 0.29) is 11.9 Å². The van der Waals surface area contributed by atoms with Gasteiger partial charge in [-0.15, -0.1) is 0 Å². The smallest absolute Gasteiger partial charge is 0.227 e. The van der Waals surface area contributed by atoms with Crippen LogP contribution < -0.4 is 9.80 Å². The molecule has 3 aliphatic heterocycles. The molecule has 5 heterocycles. The second-order valence-corrected chi connectivity index (χ2v) is 8.47. The maximum Gasteiger partial charge on any atom is 0.227 e. The average molecular weight is 420 g/mol. The molecule has 2 aromatic heterocycles. The zero-order chi connectivity index (χ0) is 20.8. The van der Waals surface area contributed by atoms with Crippen LogP contribution in [0.25, 0.3) is 11.3 Å².